The number of hydrogen-bond acceptors (Lipinski definition) is 4. The molecule has 1 unspecified atom stereocenters. The van der Waals surface area contributed by atoms with Crippen molar-refractivity contribution in [2.24, 2.45) is 4.99 Å². The summed E-state index contributed by atoms with van der Waals surface area (Å²) in [4.78, 5) is 4.39. The summed E-state index contributed by atoms with van der Waals surface area (Å²) in [5.74, 6) is 1.54. The lowest BCUT2D eigenvalue weighted by Gasteiger charge is -2.38. The van der Waals surface area contributed by atoms with Gasteiger partial charge in [-0.15, -0.1) is 24.0 Å². The third kappa shape index (κ3) is 7.01. The normalized spacial score (nSPS) is 19.2. The summed E-state index contributed by atoms with van der Waals surface area (Å²) < 4.78 is 28.6. The molecular weight excluding hydrogens is 453 g/mol. The van der Waals surface area contributed by atoms with Gasteiger partial charge >= 0.3 is 0 Å². The fraction of sp³-hybridized carbons (Fsp3) is 0.588. The first kappa shape index (κ1) is 22.0. The van der Waals surface area contributed by atoms with Gasteiger partial charge in [0.25, 0.3) is 0 Å². The Bertz CT molecular complexity index is 705. The molecule has 0 saturated heterocycles. The van der Waals surface area contributed by atoms with E-state index in [9.17, 15) is 8.42 Å². The summed E-state index contributed by atoms with van der Waals surface area (Å²) in [6.45, 7) is 7.05. The zero-order valence-electron chi connectivity index (χ0n) is 15.2. The summed E-state index contributed by atoms with van der Waals surface area (Å²) in [6.07, 6.45) is 2.01. The Morgan fingerprint density at radius 3 is 2.68 bits per heavy atom. The second-order valence-electron chi connectivity index (χ2n) is 6.69. The molecule has 2 rings (SSSR count). The number of benzene rings is 1. The number of halogens is 1. The predicted octanol–water partition coefficient (Wildman–Crippen LogP) is 2.51. The Morgan fingerprint density at radius 2 is 2.04 bits per heavy atom. The third-order valence-electron chi connectivity index (χ3n) is 3.76. The smallest absolute Gasteiger partial charge is 0.191 e. The van der Waals surface area contributed by atoms with Crippen LogP contribution in [-0.2, 0) is 9.84 Å². The molecule has 0 saturated carbocycles. The van der Waals surface area contributed by atoms with Crippen molar-refractivity contribution < 1.29 is 13.2 Å². The lowest BCUT2D eigenvalue weighted by molar-refractivity contribution is 0.0694. The Morgan fingerprint density at radius 1 is 1.36 bits per heavy atom. The molecule has 1 atom stereocenters. The molecule has 1 aliphatic rings. The van der Waals surface area contributed by atoms with Crippen molar-refractivity contribution >= 4 is 39.8 Å². The van der Waals surface area contributed by atoms with E-state index in [1.165, 1.54) is 6.26 Å². The van der Waals surface area contributed by atoms with E-state index in [-0.39, 0.29) is 47.9 Å². The molecule has 8 heteroatoms. The summed E-state index contributed by atoms with van der Waals surface area (Å²) in [5, 5.41) is 6.60. The van der Waals surface area contributed by atoms with Crippen molar-refractivity contribution in [1.29, 1.82) is 0 Å². The van der Waals surface area contributed by atoms with Crippen LogP contribution in [0.3, 0.4) is 0 Å². The van der Waals surface area contributed by atoms with Gasteiger partial charge in [0.2, 0.25) is 0 Å². The number of nitrogens with zero attached hydrogens (tertiary/aromatic N) is 1. The minimum atomic E-state index is -3.02. The van der Waals surface area contributed by atoms with Gasteiger partial charge in [-0.2, -0.15) is 0 Å². The second-order valence-corrected chi connectivity index (χ2v) is 8.95. The maximum absolute atomic E-state index is 11.3. The standard InChI is InChI=1S/C17H27N3O3S.HI/c1-5-18-16(19-10-11-24(4,21)22)20-14-12-17(2,3)23-15-9-7-6-8-13(14)15;/h6-9,14H,5,10-12H2,1-4H3,(H2,18,19,20);1H. The molecule has 25 heavy (non-hydrogen) atoms. The van der Waals surface area contributed by atoms with Crippen LogP contribution in [0.2, 0.25) is 0 Å². The first-order chi connectivity index (χ1) is 11.2. The number of nitrogens with one attached hydrogen (secondary N) is 2. The summed E-state index contributed by atoms with van der Waals surface area (Å²) >= 11 is 0. The topological polar surface area (TPSA) is 79.8 Å². The van der Waals surface area contributed by atoms with Gasteiger partial charge in [-0.3, -0.25) is 4.99 Å². The Hall–Kier alpha value is -1.03. The zero-order valence-corrected chi connectivity index (χ0v) is 18.4. The average molecular weight is 481 g/mol. The van der Waals surface area contributed by atoms with Gasteiger partial charge in [-0.25, -0.2) is 8.42 Å². The SMILES string of the molecule is CCNC(=NCCS(C)(=O)=O)NC1CC(C)(C)Oc2ccccc21.I. The van der Waals surface area contributed by atoms with Crippen LogP contribution in [0.15, 0.2) is 29.3 Å². The highest BCUT2D eigenvalue weighted by Crippen LogP contribution is 2.39. The van der Waals surface area contributed by atoms with E-state index in [2.05, 4.69) is 29.5 Å². The van der Waals surface area contributed by atoms with Crippen molar-refractivity contribution in [1.82, 2.24) is 10.6 Å². The van der Waals surface area contributed by atoms with Gasteiger partial charge in [0, 0.05) is 24.8 Å². The minimum absolute atomic E-state index is 0. The molecule has 0 aliphatic carbocycles. The van der Waals surface area contributed by atoms with Crippen LogP contribution in [0.4, 0.5) is 0 Å². The molecule has 1 aromatic rings. The fourth-order valence-electron chi connectivity index (χ4n) is 2.74. The van der Waals surface area contributed by atoms with Crippen molar-refractivity contribution in [3.05, 3.63) is 29.8 Å². The minimum Gasteiger partial charge on any atom is -0.487 e. The number of hydrogen-bond donors (Lipinski definition) is 2. The van der Waals surface area contributed by atoms with Crippen LogP contribution in [0.5, 0.6) is 5.75 Å². The first-order valence-corrected chi connectivity index (χ1v) is 10.3. The second kappa shape index (κ2) is 9.07. The first-order valence-electron chi connectivity index (χ1n) is 8.21. The van der Waals surface area contributed by atoms with Crippen molar-refractivity contribution in [2.45, 2.75) is 38.8 Å². The number of aliphatic imine (C=N–C) groups is 1. The van der Waals surface area contributed by atoms with E-state index in [0.717, 1.165) is 17.7 Å². The number of rotatable bonds is 5. The fourth-order valence-corrected chi connectivity index (χ4v) is 3.16. The average Bonchev–Trinajstić information content (AvgIpc) is 2.45. The molecule has 6 nitrogen and oxygen atoms in total. The molecule has 1 aromatic carbocycles. The summed E-state index contributed by atoms with van der Waals surface area (Å²) in [5.41, 5.74) is 0.807. The highest BCUT2D eigenvalue weighted by Gasteiger charge is 2.33. The number of para-hydroxylation sites is 1. The van der Waals surface area contributed by atoms with Gasteiger partial charge in [0.15, 0.2) is 5.96 Å². The molecule has 0 radical (unpaired) electrons. The molecular formula is C17H28IN3O3S. The maximum Gasteiger partial charge on any atom is 0.191 e. The summed E-state index contributed by atoms with van der Waals surface area (Å²) in [7, 11) is -3.02. The number of guanidine groups is 1. The molecule has 0 amide bonds. The molecule has 0 fully saturated rings. The van der Waals surface area contributed by atoms with E-state index in [1.54, 1.807) is 0 Å². The van der Waals surface area contributed by atoms with Crippen LogP contribution in [0.25, 0.3) is 0 Å². The van der Waals surface area contributed by atoms with E-state index in [4.69, 9.17) is 4.74 Å². The highest BCUT2D eigenvalue weighted by molar-refractivity contribution is 14.0. The molecule has 2 N–H and O–H groups in total. The van der Waals surface area contributed by atoms with Gasteiger partial charge < -0.3 is 15.4 Å². The van der Waals surface area contributed by atoms with E-state index in [0.29, 0.717) is 12.5 Å². The van der Waals surface area contributed by atoms with Crippen molar-refractivity contribution in [3.63, 3.8) is 0 Å². The molecule has 142 valence electrons. The van der Waals surface area contributed by atoms with Crippen molar-refractivity contribution in [2.75, 3.05) is 25.1 Å². The van der Waals surface area contributed by atoms with Gasteiger partial charge in [-0.05, 0) is 26.8 Å². The van der Waals surface area contributed by atoms with Gasteiger partial charge in [-0.1, -0.05) is 18.2 Å². The van der Waals surface area contributed by atoms with E-state index < -0.39 is 9.84 Å². The highest BCUT2D eigenvalue weighted by atomic mass is 127. The van der Waals surface area contributed by atoms with Crippen LogP contribution >= 0.6 is 24.0 Å². The zero-order chi connectivity index (χ0) is 17.8. The number of ether oxygens (including phenoxy) is 1. The van der Waals surface area contributed by atoms with Gasteiger partial charge in [0.05, 0.1) is 18.3 Å². The summed E-state index contributed by atoms with van der Waals surface area (Å²) in [6, 6.07) is 8.02. The maximum atomic E-state index is 11.3. The molecule has 1 heterocycles. The van der Waals surface area contributed by atoms with Gasteiger partial charge in [0.1, 0.15) is 21.2 Å². The lowest BCUT2D eigenvalue weighted by Crippen LogP contribution is -2.45. The monoisotopic (exact) mass is 481 g/mol. The predicted molar refractivity (Wildman–Crippen MR) is 113 cm³/mol. The molecule has 0 spiro atoms. The number of fused-ring (bicyclic) bond motifs is 1. The van der Waals surface area contributed by atoms with E-state index >= 15 is 0 Å². The third-order valence-corrected chi connectivity index (χ3v) is 4.69. The Balaban J connectivity index is 0.00000312. The molecule has 0 aromatic heterocycles. The van der Waals surface area contributed by atoms with E-state index in [1.807, 2.05) is 31.2 Å². The van der Waals surface area contributed by atoms with Crippen LogP contribution in [0, 0.1) is 0 Å². The van der Waals surface area contributed by atoms with Crippen LogP contribution < -0.4 is 15.4 Å². The number of sulfone groups is 1. The molecule has 1 aliphatic heterocycles. The van der Waals surface area contributed by atoms with Crippen LogP contribution in [0.1, 0.15) is 38.8 Å². The Labute approximate surface area is 167 Å². The quantitative estimate of drug-likeness (QED) is 0.384. The van der Waals surface area contributed by atoms with Crippen molar-refractivity contribution in [3.8, 4) is 5.75 Å². The largest absolute Gasteiger partial charge is 0.487 e. The Kier molecular flexibility index (Phi) is 7.98. The lowest BCUT2D eigenvalue weighted by atomic mass is 9.90. The molecule has 0 bridgehead atoms. The van der Waals surface area contributed by atoms with Crippen LogP contribution in [-0.4, -0.2) is 45.1 Å².